The summed E-state index contributed by atoms with van der Waals surface area (Å²) in [5.41, 5.74) is 1.29. The summed E-state index contributed by atoms with van der Waals surface area (Å²) in [5, 5.41) is 0. The van der Waals surface area contributed by atoms with Crippen LogP contribution in [0.2, 0.25) is 0 Å². The van der Waals surface area contributed by atoms with Gasteiger partial charge in [-0.2, -0.15) is 0 Å². The van der Waals surface area contributed by atoms with Gasteiger partial charge in [-0.3, -0.25) is 0 Å². The van der Waals surface area contributed by atoms with Crippen LogP contribution in [0.4, 0.5) is 0 Å². The van der Waals surface area contributed by atoms with Gasteiger partial charge in [-0.15, -0.1) is 0 Å². The molecule has 48 valence electrons. The topological polar surface area (TPSA) is 0 Å². The monoisotopic (exact) mass is 112 g/mol. The maximum absolute atomic E-state index is 3.88. The van der Waals surface area contributed by atoms with Crippen molar-refractivity contribution in [3.63, 3.8) is 0 Å². The molecule has 0 unspecified atom stereocenters. The minimum absolute atomic E-state index is 0.676. The molecule has 1 atom stereocenters. The highest BCUT2D eigenvalue weighted by Crippen LogP contribution is 2.16. The van der Waals surface area contributed by atoms with Crippen molar-refractivity contribution in [1.82, 2.24) is 0 Å². The third-order valence-electron chi connectivity index (χ3n) is 1.78. The second-order valence-corrected chi connectivity index (χ2v) is 2.88. The van der Waals surface area contributed by atoms with Crippen LogP contribution in [-0.4, -0.2) is 0 Å². The molecule has 0 fully saturated rings. The molecular weight excluding hydrogens is 96.1 g/mol. The Morgan fingerprint density at radius 3 is 1.62 bits per heavy atom. The predicted octanol–water partition coefficient (Wildman–Crippen LogP) is 2.85. The Labute approximate surface area is 52.6 Å². The van der Waals surface area contributed by atoms with E-state index in [1.165, 1.54) is 5.57 Å². The SMILES string of the molecule is C=C(C)[C@@H](C)C(C)C. The summed E-state index contributed by atoms with van der Waals surface area (Å²) in [5.74, 6) is 1.42. The van der Waals surface area contributed by atoms with E-state index in [1.54, 1.807) is 0 Å². The largest absolute Gasteiger partial charge is 0.0999 e. The standard InChI is InChI=1S/C8H16/c1-6(2)8(5)7(3)4/h7-8H,1H2,2-5H3/t8-/m1/s1. The van der Waals surface area contributed by atoms with E-state index >= 15 is 0 Å². The molecule has 0 aliphatic heterocycles. The van der Waals surface area contributed by atoms with Gasteiger partial charge in [0.05, 0.1) is 0 Å². The Bertz CT molecular complexity index is 80.0. The Kier molecular flexibility index (Phi) is 2.81. The van der Waals surface area contributed by atoms with Crippen molar-refractivity contribution in [2.45, 2.75) is 27.7 Å². The normalized spacial score (nSPS) is 14.1. The molecule has 0 bridgehead atoms. The zero-order valence-corrected chi connectivity index (χ0v) is 6.36. The average Bonchev–Trinajstić information content (AvgIpc) is 1.64. The molecule has 0 aromatic carbocycles. The molecule has 0 aromatic rings. The fraction of sp³-hybridized carbons (Fsp3) is 0.750. The van der Waals surface area contributed by atoms with Crippen molar-refractivity contribution < 1.29 is 0 Å². The Morgan fingerprint density at radius 1 is 1.25 bits per heavy atom. The molecule has 0 aromatic heterocycles. The van der Waals surface area contributed by atoms with Crippen LogP contribution in [0.1, 0.15) is 27.7 Å². The zero-order chi connectivity index (χ0) is 6.73. The van der Waals surface area contributed by atoms with E-state index in [2.05, 4.69) is 34.3 Å². The van der Waals surface area contributed by atoms with Crippen LogP contribution < -0.4 is 0 Å². The van der Waals surface area contributed by atoms with E-state index in [0.717, 1.165) is 5.92 Å². The summed E-state index contributed by atoms with van der Waals surface area (Å²) < 4.78 is 0. The van der Waals surface area contributed by atoms with E-state index in [9.17, 15) is 0 Å². The van der Waals surface area contributed by atoms with Crippen molar-refractivity contribution >= 4 is 0 Å². The highest BCUT2D eigenvalue weighted by Gasteiger charge is 2.05. The summed E-state index contributed by atoms with van der Waals surface area (Å²) in [6.45, 7) is 12.6. The summed E-state index contributed by atoms with van der Waals surface area (Å²) in [6.07, 6.45) is 0. The van der Waals surface area contributed by atoms with Gasteiger partial charge in [-0.05, 0) is 18.8 Å². The van der Waals surface area contributed by atoms with Gasteiger partial charge < -0.3 is 0 Å². The highest BCUT2D eigenvalue weighted by atomic mass is 14.1. The molecule has 0 nitrogen and oxygen atoms in total. The molecule has 0 aliphatic carbocycles. The van der Waals surface area contributed by atoms with E-state index in [0.29, 0.717) is 5.92 Å². The van der Waals surface area contributed by atoms with Gasteiger partial charge in [-0.25, -0.2) is 0 Å². The van der Waals surface area contributed by atoms with Crippen molar-refractivity contribution in [2.75, 3.05) is 0 Å². The molecule has 8 heavy (non-hydrogen) atoms. The van der Waals surface area contributed by atoms with Gasteiger partial charge >= 0.3 is 0 Å². The molecule has 0 saturated carbocycles. The lowest BCUT2D eigenvalue weighted by atomic mass is 9.92. The van der Waals surface area contributed by atoms with Crippen LogP contribution >= 0.6 is 0 Å². The molecule has 0 N–H and O–H groups in total. The van der Waals surface area contributed by atoms with Crippen molar-refractivity contribution in [1.29, 1.82) is 0 Å². The lowest BCUT2D eigenvalue weighted by molar-refractivity contribution is 0.481. The van der Waals surface area contributed by atoms with Crippen LogP contribution in [0.15, 0.2) is 12.2 Å². The molecule has 0 amide bonds. The second kappa shape index (κ2) is 2.91. The molecule has 0 heterocycles. The Balaban J connectivity index is 3.64. The Hall–Kier alpha value is -0.260. The Morgan fingerprint density at radius 2 is 1.62 bits per heavy atom. The maximum atomic E-state index is 3.88. The maximum Gasteiger partial charge on any atom is -0.0214 e. The van der Waals surface area contributed by atoms with E-state index in [4.69, 9.17) is 0 Å². The quantitative estimate of drug-likeness (QED) is 0.482. The molecule has 0 aliphatic rings. The first-order chi connectivity index (χ1) is 3.55. The molecule has 0 rings (SSSR count). The number of hydrogen-bond donors (Lipinski definition) is 0. The number of allylic oxidation sites excluding steroid dienone is 1. The van der Waals surface area contributed by atoms with Gasteiger partial charge in [0.25, 0.3) is 0 Å². The fourth-order valence-corrected chi connectivity index (χ4v) is 0.569. The molecule has 0 heteroatoms. The average molecular weight is 112 g/mol. The first-order valence-electron chi connectivity index (χ1n) is 3.21. The highest BCUT2D eigenvalue weighted by molar-refractivity contribution is 4.94. The second-order valence-electron chi connectivity index (χ2n) is 2.88. The molecule has 0 radical (unpaired) electrons. The first-order valence-corrected chi connectivity index (χ1v) is 3.21. The summed E-state index contributed by atoms with van der Waals surface area (Å²) >= 11 is 0. The summed E-state index contributed by atoms with van der Waals surface area (Å²) in [4.78, 5) is 0. The fourth-order valence-electron chi connectivity index (χ4n) is 0.569. The third-order valence-corrected chi connectivity index (χ3v) is 1.78. The zero-order valence-electron chi connectivity index (χ0n) is 6.36. The summed E-state index contributed by atoms with van der Waals surface area (Å²) in [7, 11) is 0. The van der Waals surface area contributed by atoms with Crippen LogP contribution in [0, 0.1) is 11.8 Å². The first kappa shape index (κ1) is 7.74. The van der Waals surface area contributed by atoms with Crippen molar-refractivity contribution in [3.05, 3.63) is 12.2 Å². The van der Waals surface area contributed by atoms with E-state index < -0.39 is 0 Å². The number of hydrogen-bond acceptors (Lipinski definition) is 0. The third kappa shape index (κ3) is 2.15. The van der Waals surface area contributed by atoms with E-state index in [1.807, 2.05) is 0 Å². The molecular formula is C8H16. The van der Waals surface area contributed by atoms with Gasteiger partial charge in [0.2, 0.25) is 0 Å². The van der Waals surface area contributed by atoms with E-state index in [-0.39, 0.29) is 0 Å². The molecule has 0 spiro atoms. The minimum atomic E-state index is 0.676. The summed E-state index contributed by atoms with van der Waals surface area (Å²) in [6, 6.07) is 0. The van der Waals surface area contributed by atoms with Crippen LogP contribution in [0.5, 0.6) is 0 Å². The van der Waals surface area contributed by atoms with Crippen LogP contribution in [-0.2, 0) is 0 Å². The lowest BCUT2D eigenvalue weighted by Gasteiger charge is -2.13. The van der Waals surface area contributed by atoms with Crippen LogP contribution in [0.25, 0.3) is 0 Å². The van der Waals surface area contributed by atoms with Gasteiger partial charge in [0.1, 0.15) is 0 Å². The lowest BCUT2D eigenvalue weighted by Crippen LogP contribution is -2.03. The smallest absolute Gasteiger partial charge is 0.0214 e. The number of rotatable bonds is 2. The van der Waals surface area contributed by atoms with Gasteiger partial charge in [0, 0.05) is 0 Å². The van der Waals surface area contributed by atoms with Crippen LogP contribution in [0.3, 0.4) is 0 Å². The van der Waals surface area contributed by atoms with Gasteiger partial charge in [0.15, 0.2) is 0 Å². The van der Waals surface area contributed by atoms with Crippen molar-refractivity contribution in [3.8, 4) is 0 Å². The van der Waals surface area contributed by atoms with Crippen molar-refractivity contribution in [2.24, 2.45) is 11.8 Å². The predicted molar refractivity (Wildman–Crippen MR) is 38.8 cm³/mol. The van der Waals surface area contributed by atoms with Gasteiger partial charge in [-0.1, -0.05) is 32.9 Å². The minimum Gasteiger partial charge on any atom is -0.0999 e. The molecule has 0 saturated heterocycles.